The van der Waals surface area contributed by atoms with Gasteiger partial charge in [-0.05, 0) is 56.5 Å². The van der Waals surface area contributed by atoms with Gasteiger partial charge in [-0.25, -0.2) is 0 Å². The predicted molar refractivity (Wildman–Crippen MR) is 116 cm³/mol. The number of nitrogens with one attached hydrogen (secondary N) is 2. The van der Waals surface area contributed by atoms with Crippen LogP contribution in [0.5, 0.6) is 5.75 Å². The van der Waals surface area contributed by atoms with Gasteiger partial charge in [0.2, 0.25) is 0 Å². The fraction of sp³-hybridized carbons (Fsp3) is 0.682. The molecule has 1 aromatic carbocycles. The molecule has 3 rings (SSSR count). The smallest absolute Gasteiger partial charge is 0.401 e. The number of methoxy groups -OCH3 is 1. The fourth-order valence-electron chi connectivity index (χ4n) is 4.76. The van der Waals surface area contributed by atoms with Gasteiger partial charge in [0.25, 0.3) is 0 Å². The van der Waals surface area contributed by atoms with E-state index < -0.39 is 12.7 Å². The molecule has 0 aliphatic carbocycles. The Morgan fingerprint density at radius 3 is 2.58 bits per heavy atom. The van der Waals surface area contributed by atoms with Gasteiger partial charge in [-0.15, -0.1) is 0 Å². The summed E-state index contributed by atoms with van der Waals surface area (Å²) in [7, 11) is 5.52. The lowest BCUT2D eigenvalue weighted by Gasteiger charge is -2.40. The molecule has 2 fully saturated rings. The van der Waals surface area contributed by atoms with Crippen LogP contribution in [0.15, 0.2) is 29.3 Å². The summed E-state index contributed by atoms with van der Waals surface area (Å²) in [6.07, 6.45) is -1.24. The van der Waals surface area contributed by atoms with E-state index in [1.807, 2.05) is 12.1 Å². The van der Waals surface area contributed by atoms with Crippen molar-refractivity contribution in [2.75, 3.05) is 53.9 Å². The van der Waals surface area contributed by atoms with Crippen molar-refractivity contribution < 1.29 is 17.9 Å². The number of alkyl halides is 3. The van der Waals surface area contributed by atoms with Crippen LogP contribution < -0.4 is 15.4 Å². The number of piperidine rings is 1. The Bertz CT molecular complexity index is 725. The van der Waals surface area contributed by atoms with Crippen LogP contribution in [0.2, 0.25) is 0 Å². The zero-order valence-electron chi connectivity index (χ0n) is 18.6. The third-order valence-corrected chi connectivity index (χ3v) is 6.24. The number of aliphatic imine (C=N–C) groups is 1. The summed E-state index contributed by atoms with van der Waals surface area (Å²) in [5.41, 5.74) is 1.26. The van der Waals surface area contributed by atoms with Gasteiger partial charge < -0.3 is 15.4 Å². The second-order valence-electron chi connectivity index (χ2n) is 8.53. The van der Waals surface area contributed by atoms with Gasteiger partial charge in [0.05, 0.1) is 13.7 Å². The number of likely N-dealkylation sites (tertiary alicyclic amines) is 2. The number of hydrogen-bond donors (Lipinski definition) is 2. The van der Waals surface area contributed by atoms with Gasteiger partial charge in [-0.1, -0.05) is 12.1 Å². The highest BCUT2D eigenvalue weighted by atomic mass is 19.4. The standard InChI is InChI=1S/C22H34F3N5O/c1-26-21(28-18-10-12-30(14-18)15-22(23,24)25)27-13-17-5-4-11-29(2)20(17)16-6-8-19(31-3)9-7-16/h6-9,17-18,20H,4-5,10-15H2,1-3H3,(H2,26,27,28). The molecule has 0 spiro atoms. The maximum Gasteiger partial charge on any atom is 0.401 e. The highest BCUT2D eigenvalue weighted by Crippen LogP contribution is 2.35. The van der Waals surface area contributed by atoms with Crippen molar-refractivity contribution in [2.45, 2.75) is 37.5 Å². The minimum absolute atomic E-state index is 0.0278. The van der Waals surface area contributed by atoms with E-state index in [2.05, 4.69) is 39.7 Å². The lowest BCUT2D eigenvalue weighted by atomic mass is 9.85. The highest BCUT2D eigenvalue weighted by molar-refractivity contribution is 5.80. The number of halogens is 3. The maximum absolute atomic E-state index is 12.6. The molecule has 0 amide bonds. The van der Waals surface area contributed by atoms with Crippen molar-refractivity contribution in [3.8, 4) is 5.75 Å². The monoisotopic (exact) mass is 441 g/mol. The molecule has 31 heavy (non-hydrogen) atoms. The van der Waals surface area contributed by atoms with E-state index in [9.17, 15) is 13.2 Å². The van der Waals surface area contributed by atoms with Crippen molar-refractivity contribution in [3.05, 3.63) is 29.8 Å². The molecule has 3 unspecified atom stereocenters. The molecule has 2 aliphatic rings. The molecule has 174 valence electrons. The molecular weight excluding hydrogens is 407 g/mol. The number of ether oxygens (including phenoxy) is 1. The average molecular weight is 442 g/mol. The molecular formula is C22H34F3N5O. The average Bonchev–Trinajstić information content (AvgIpc) is 3.16. The zero-order chi connectivity index (χ0) is 22.4. The Kier molecular flexibility index (Phi) is 8.05. The van der Waals surface area contributed by atoms with Crippen LogP contribution in [0.4, 0.5) is 13.2 Å². The minimum Gasteiger partial charge on any atom is -0.497 e. The lowest BCUT2D eigenvalue weighted by Crippen LogP contribution is -2.48. The van der Waals surface area contributed by atoms with Crippen molar-refractivity contribution in [3.63, 3.8) is 0 Å². The van der Waals surface area contributed by atoms with Crippen LogP contribution in [0.25, 0.3) is 0 Å². The van der Waals surface area contributed by atoms with E-state index in [0.29, 0.717) is 37.4 Å². The van der Waals surface area contributed by atoms with Gasteiger partial charge in [-0.2, -0.15) is 13.2 Å². The van der Waals surface area contributed by atoms with E-state index in [0.717, 1.165) is 31.7 Å². The van der Waals surface area contributed by atoms with Crippen LogP contribution >= 0.6 is 0 Å². The minimum atomic E-state index is -4.15. The molecule has 0 aromatic heterocycles. The number of benzene rings is 1. The Labute approximate surface area is 182 Å². The molecule has 2 heterocycles. The normalized spacial score (nSPS) is 26.1. The van der Waals surface area contributed by atoms with E-state index in [-0.39, 0.29) is 6.04 Å². The molecule has 9 heteroatoms. The Morgan fingerprint density at radius 2 is 1.94 bits per heavy atom. The third kappa shape index (κ3) is 6.74. The highest BCUT2D eigenvalue weighted by Gasteiger charge is 2.35. The van der Waals surface area contributed by atoms with E-state index in [1.165, 1.54) is 10.5 Å². The largest absolute Gasteiger partial charge is 0.497 e. The quantitative estimate of drug-likeness (QED) is 0.525. The van der Waals surface area contributed by atoms with Gasteiger partial charge in [0.15, 0.2) is 5.96 Å². The van der Waals surface area contributed by atoms with Crippen LogP contribution in [0, 0.1) is 5.92 Å². The molecule has 0 bridgehead atoms. The molecule has 1 aromatic rings. The Balaban J connectivity index is 1.56. The van der Waals surface area contributed by atoms with Crippen LogP contribution in [0.1, 0.15) is 30.9 Å². The Hall–Kier alpha value is -2.00. The summed E-state index contributed by atoms with van der Waals surface area (Å²) in [6.45, 7) is 1.77. The second kappa shape index (κ2) is 10.5. The Morgan fingerprint density at radius 1 is 1.19 bits per heavy atom. The number of guanidine groups is 1. The van der Waals surface area contributed by atoms with Gasteiger partial charge >= 0.3 is 6.18 Å². The summed E-state index contributed by atoms with van der Waals surface area (Å²) in [4.78, 5) is 8.13. The van der Waals surface area contributed by atoms with E-state index in [4.69, 9.17) is 4.74 Å². The molecule has 0 radical (unpaired) electrons. The lowest BCUT2D eigenvalue weighted by molar-refractivity contribution is -0.143. The van der Waals surface area contributed by atoms with Crippen molar-refractivity contribution in [1.82, 2.24) is 20.4 Å². The summed E-state index contributed by atoms with van der Waals surface area (Å²) < 4.78 is 43.2. The molecule has 2 aliphatic heterocycles. The SMILES string of the molecule is CN=C(NCC1CCCN(C)C1c1ccc(OC)cc1)NC1CCN(CC(F)(F)F)C1. The summed E-state index contributed by atoms with van der Waals surface area (Å²) in [5, 5.41) is 6.72. The van der Waals surface area contributed by atoms with Gasteiger partial charge in [0.1, 0.15) is 5.75 Å². The third-order valence-electron chi connectivity index (χ3n) is 6.24. The predicted octanol–water partition coefficient (Wildman–Crippen LogP) is 2.88. The topological polar surface area (TPSA) is 52.1 Å². The maximum atomic E-state index is 12.6. The first-order valence-electron chi connectivity index (χ1n) is 10.9. The van der Waals surface area contributed by atoms with Crippen LogP contribution in [-0.2, 0) is 0 Å². The summed E-state index contributed by atoms with van der Waals surface area (Å²) in [6, 6.07) is 8.50. The molecule has 6 nitrogen and oxygen atoms in total. The van der Waals surface area contributed by atoms with E-state index in [1.54, 1.807) is 14.2 Å². The zero-order valence-corrected chi connectivity index (χ0v) is 18.6. The fourth-order valence-corrected chi connectivity index (χ4v) is 4.76. The first kappa shape index (κ1) is 23.7. The summed E-state index contributed by atoms with van der Waals surface area (Å²) in [5.74, 6) is 1.90. The van der Waals surface area contributed by atoms with Crippen molar-refractivity contribution in [2.24, 2.45) is 10.9 Å². The van der Waals surface area contributed by atoms with Crippen molar-refractivity contribution >= 4 is 5.96 Å². The molecule has 0 saturated carbocycles. The number of rotatable bonds is 6. The van der Waals surface area contributed by atoms with Gasteiger partial charge in [0, 0.05) is 38.8 Å². The number of hydrogen-bond acceptors (Lipinski definition) is 4. The van der Waals surface area contributed by atoms with E-state index >= 15 is 0 Å². The summed E-state index contributed by atoms with van der Waals surface area (Å²) >= 11 is 0. The first-order chi connectivity index (χ1) is 14.8. The first-order valence-corrected chi connectivity index (χ1v) is 10.9. The van der Waals surface area contributed by atoms with Crippen LogP contribution in [0.3, 0.4) is 0 Å². The van der Waals surface area contributed by atoms with Gasteiger partial charge in [-0.3, -0.25) is 14.8 Å². The van der Waals surface area contributed by atoms with Crippen molar-refractivity contribution in [1.29, 1.82) is 0 Å². The molecule has 2 saturated heterocycles. The molecule has 2 N–H and O–H groups in total. The molecule has 3 atom stereocenters. The number of nitrogens with zero attached hydrogens (tertiary/aromatic N) is 3. The second-order valence-corrected chi connectivity index (χ2v) is 8.53. The van der Waals surface area contributed by atoms with Crippen LogP contribution in [-0.4, -0.2) is 81.9 Å².